The maximum atomic E-state index is 10.7. The number of carbonyl (C=O) groups is 2. The van der Waals surface area contributed by atoms with Gasteiger partial charge in [-0.1, -0.05) is 12.1 Å². The number of carboxylic acid groups (broad SMARTS) is 1. The molecule has 0 saturated carbocycles. The minimum absolute atomic E-state index is 0.538. The van der Waals surface area contributed by atoms with Crippen molar-refractivity contribution in [2.75, 3.05) is 0 Å². The maximum absolute atomic E-state index is 10.7. The van der Waals surface area contributed by atoms with Crippen LogP contribution in [0.2, 0.25) is 0 Å². The molecule has 3 nitrogen and oxygen atoms in total. The van der Waals surface area contributed by atoms with E-state index in [0.717, 1.165) is 9.86 Å². The number of hydrogen-bond acceptors (Lipinski definition) is 2. The van der Waals surface area contributed by atoms with Gasteiger partial charge >= 0.3 is 5.97 Å². The molecule has 0 aliphatic heterocycles. The first-order chi connectivity index (χ1) is 6.56. The third kappa shape index (κ3) is 2.31. The van der Waals surface area contributed by atoms with E-state index in [9.17, 15) is 9.59 Å². The number of carboxylic acids is 1. The molecule has 0 radical (unpaired) electrons. The Morgan fingerprint density at radius 1 is 1.57 bits per heavy atom. The lowest BCUT2D eigenvalue weighted by Gasteiger charge is -2.07. The number of benzene rings is 1. The summed E-state index contributed by atoms with van der Waals surface area (Å²) in [6.45, 7) is 1.62. The minimum atomic E-state index is -0.861. The van der Waals surface area contributed by atoms with Gasteiger partial charge in [-0.3, -0.25) is 9.59 Å². The van der Waals surface area contributed by atoms with E-state index in [1.807, 2.05) is 22.6 Å². The second kappa shape index (κ2) is 4.54. The number of carbonyl (C=O) groups excluding carboxylic acids is 1. The Labute approximate surface area is 95.3 Å². The highest BCUT2D eigenvalue weighted by Gasteiger charge is 2.14. The molecule has 4 heteroatoms. The smallest absolute Gasteiger partial charge is 0.310 e. The van der Waals surface area contributed by atoms with E-state index in [4.69, 9.17) is 5.11 Å². The molecule has 74 valence electrons. The van der Waals surface area contributed by atoms with Gasteiger partial charge in [0.15, 0.2) is 6.29 Å². The molecule has 0 heterocycles. The maximum Gasteiger partial charge on any atom is 0.310 e. The summed E-state index contributed by atoms with van der Waals surface area (Å²) < 4.78 is 0.781. The third-order valence-corrected chi connectivity index (χ3v) is 2.96. The number of aldehydes is 1. The van der Waals surface area contributed by atoms with Crippen molar-refractivity contribution in [2.24, 2.45) is 0 Å². The van der Waals surface area contributed by atoms with Gasteiger partial charge in [0.05, 0.1) is 5.92 Å². The second-order valence-corrected chi connectivity index (χ2v) is 4.12. The van der Waals surface area contributed by atoms with Gasteiger partial charge in [0.1, 0.15) is 0 Å². The van der Waals surface area contributed by atoms with Crippen LogP contribution in [0.15, 0.2) is 18.2 Å². The number of hydrogen-bond donors (Lipinski definition) is 1. The Morgan fingerprint density at radius 2 is 2.21 bits per heavy atom. The van der Waals surface area contributed by atoms with Gasteiger partial charge in [0.25, 0.3) is 0 Å². The lowest BCUT2D eigenvalue weighted by molar-refractivity contribution is -0.138. The van der Waals surface area contributed by atoms with E-state index >= 15 is 0 Å². The lowest BCUT2D eigenvalue weighted by Crippen LogP contribution is -2.07. The summed E-state index contributed by atoms with van der Waals surface area (Å²) in [5.74, 6) is -1.40. The van der Waals surface area contributed by atoms with Gasteiger partial charge in [-0.05, 0) is 41.1 Å². The molecule has 0 aromatic heterocycles. The van der Waals surface area contributed by atoms with Crippen molar-refractivity contribution in [1.29, 1.82) is 0 Å². The summed E-state index contributed by atoms with van der Waals surface area (Å²) in [5.41, 5.74) is 1.31. The lowest BCUT2D eigenvalue weighted by atomic mass is 10.0. The fraction of sp³-hybridized carbons (Fsp3) is 0.200. The number of rotatable bonds is 3. The molecule has 0 amide bonds. The Morgan fingerprint density at radius 3 is 2.64 bits per heavy atom. The molecular weight excluding hydrogens is 295 g/mol. The summed E-state index contributed by atoms with van der Waals surface area (Å²) in [7, 11) is 0. The first-order valence-electron chi connectivity index (χ1n) is 4.03. The van der Waals surface area contributed by atoms with Crippen LogP contribution in [0.3, 0.4) is 0 Å². The van der Waals surface area contributed by atoms with Crippen LogP contribution >= 0.6 is 22.6 Å². The highest BCUT2D eigenvalue weighted by atomic mass is 127. The van der Waals surface area contributed by atoms with E-state index in [-0.39, 0.29) is 0 Å². The third-order valence-electron chi connectivity index (χ3n) is 2.02. The predicted octanol–water partition coefficient (Wildman–Crippen LogP) is 2.29. The van der Waals surface area contributed by atoms with Crippen LogP contribution in [-0.2, 0) is 4.79 Å². The Balaban J connectivity index is 3.08. The molecule has 1 aromatic rings. The summed E-state index contributed by atoms with van der Waals surface area (Å²) in [4.78, 5) is 21.2. The molecule has 1 rings (SSSR count). The molecule has 1 atom stereocenters. The molecule has 0 spiro atoms. The average Bonchev–Trinajstić information content (AvgIpc) is 2.16. The fourth-order valence-electron chi connectivity index (χ4n) is 1.05. The molecule has 1 aromatic carbocycles. The minimum Gasteiger partial charge on any atom is -0.481 e. The van der Waals surface area contributed by atoms with Crippen molar-refractivity contribution in [1.82, 2.24) is 0 Å². The van der Waals surface area contributed by atoms with Gasteiger partial charge in [0, 0.05) is 9.13 Å². The second-order valence-electron chi connectivity index (χ2n) is 2.96. The van der Waals surface area contributed by atoms with Crippen LogP contribution in [0.4, 0.5) is 0 Å². The van der Waals surface area contributed by atoms with Crippen LogP contribution < -0.4 is 0 Å². The van der Waals surface area contributed by atoms with E-state index < -0.39 is 11.9 Å². The van der Waals surface area contributed by atoms with Crippen molar-refractivity contribution in [3.8, 4) is 0 Å². The van der Waals surface area contributed by atoms with E-state index in [1.54, 1.807) is 25.1 Å². The largest absolute Gasteiger partial charge is 0.481 e. The monoisotopic (exact) mass is 304 g/mol. The van der Waals surface area contributed by atoms with Crippen molar-refractivity contribution in [3.05, 3.63) is 32.9 Å². The van der Waals surface area contributed by atoms with E-state index in [2.05, 4.69) is 0 Å². The van der Waals surface area contributed by atoms with Gasteiger partial charge in [0.2, 0.25) is 0 Å². The van der Waals surface area contributed by atoms with Gasteiger partial charge in [-0.25, -0.2) is 0 Å². The average molecular weight is 304 g/mol. The zero-order valence-electron chi connectivity index (χ0n) is 7.53. The number of halogens is 1. The van der Waals surface area contributed by atoms with Crippen LogP contribution in [0.25, 0.3) is 0 Å². The van der Waals surface area contributed by atoms with Crippen LogP contribution in [0, 0.1) is 3.57 Å². The van der Waals surface area contributed by atoms with E-state index in [0.29, 0.717) is 11.1 Å². The van der Waals surface area contributed by atoms with Gasteiger partial charge in [-0.15, -0.1) is 0 Å². The molecule has 0 bridgehead atoms. The molecule has 0 aliphatic rings. The molecule has 0 saturated heterocycles. The molecular formula is C10H9IO3. The van der Waals surface area contributed by atoms with Crippen molar-refractivity contribution in [2.45, 2.75) is 12.8 Å². The van der Waals surface area contributed by atoms with Crippen LogP contribution in [-0.4, -0.2) is 17.4 Å². The summed E-state index contributed by atoms with van der Waals surface area (Å²) in [5, 5.41) is 8.78. The van der Waals surface area contributed by atoms with Crippen LogP contribution in [0.5, 0.6) is 0 Å². The Kier molecular flexibility index (Phi) is 3.62. The number of aliphatic carboxylic acids is 1. The zero-order chi connectivity index (χ0) is 10.7. The van der Waals surface area contributed by atoms with Crippen molar-refractivity contribution < 1.29 is 14.7 Å². The quantitative estimate of drug-likeness (QED) is 0.688. The van der Waals surface area contributed by atoms with Crippen molar-refractivity contribution >= 4 is 34.8 Å². The topological polar surface area (TPSA) is 54.4 Å². The standard InChI is InChI=1S/C10H9IO3/c1-6(10(13)14)7-2-3-8(5-12)9(11)4-7/h2-6H,1H3,(H,13,14). The van der Waals surface area contributed by atoms with E-state index in [1.165, 1.54) is 0 Å². The van der Waals surface area contributed by atoms with Gasteiger partial charge < -0.3 is 5.11 Å². The predicted molar refractivity (Wildman–Crippen MR) is 60.6 cm³/mol. The van der Waals surface area contributed by atoms with Crippen molar-refractivity contribution in [3.63, 3.8) is 0 Å². The molecule has 1 N–H and O–H groups in total. The first-order valence-corrected chi connectivity index (χ1v) is 5.11. The summed E-state index contributed by atoms with van der Waals surface area (Å²) in [6.07, 6.45) is 0.761. The highest BCUT2D eigenvalue weighted by molar-refractivity contribution is 14.1. The summed E-state index contributed by atoms with van der Waals surface area (Å²) >= 11 is 2.02. The Bertz CT molecular complexity index is 374. The van der Waals surface area contributed by atoms with Gasteiger partial charge in [-0.2, -0.15) is 0 Å². The normalized spacial score (nSPS) is 12.1. The fourth-order valence-corrected chi connectivity index (χ4v) is 1.72. The molecule has 1 unspecified atom stereocenters. The molecule has 0 aliphatic carbocycles. The summed E-state index contributed by atoms with van der Waals surface area (Å²) in [6, 6.07) is 5.04. The highest BCUT2D eigenvalue weighted by Crippen LogP contribution is 2.20. The molecule has 0 fully saturated rings. The molecule has 14 heavy (non-hydrogen) atoms. The Hall–Kier alpha value is -0.910. The SMILES string of the molecule is CC(C(=O)O)c1ccc(C=O)c(I)c1. The first kappa shape index (κ1) is 11.2. The zero-order valence-corrected chi connectivity index (χ0v) is 9.69. The van der Waals surface area contributed by atoms with Crippen LogP contribution in [0.1, 0.15) is 28.8 Å².